The third-order valence-corrected chi connectivity index (χ3v) is 4.64. The van der Waals surface area contributed by atoms with Gasteiger partial charge in [-0.1, -0.05) is 6.92 Å². The molecule has 4 nitrogen and oxygen atoms in total. The fourth-order valence-electron chi connectivity index (χ4n) is 3.40. The van der Waals surface area contributed by atoms with E-state index >= 15 is 0 Å². The minimum atomic E-state index is -0.296. The average Bonchev–Trinajstić information content (AvgIpc) is 2.99. The molecule has 0 radical (unpaired) electrons. The van der Waals surface area contributed by atoms with Gasteiger partial charge in [-0.05, 0) is 61.6 Å². The summed E-state index contributed by atoms with van der Waals surface area (Å²) >= 11 is 0. The minimum Gasteiger partial charge on any atom is -0.423 e. The molecule has 23 heavy (non-hydrogen) atoms. The van der Waals surface area contributed by atoms with Crippen molar-refractivity contribution in [1.82, 2.24) is 4.90 Å². The molecule has 1 aliphatic rings. The van der Waals surface area contributed by atoms with Crippen LogP contribution in [-0.4, -0.2) is 18.0 Å². The molecule has 0 bridgehead atoms. The SMILES string of the molecule is CCN(Cc1cc(=O)oc2cc3c(cc12)CCC3)C[C@@H](C)C#N. The van der Waals surface area contributed by atoms with Gasteiger partial charge in [-0.15, -0.1) is 0 Å². The Bertz CT molecular complexity index is 816. The summed E-state index contributed by atoms with van der Waals surface area (Å²) in [7, 11) is 0. The third kappa shape index (κ3) is 3.30. The molecular weight excluding hydrogens is 288 g/mol. The Morgan fingerprint density at radius 2 is 2.04 bits per heavy atom. The van der Waals surface area contributed by atoms with Crippen molar-refractivity contribution >= 4 is 11.0 Å². The predicted octanol–water partition coefficient (Wildman–Crippen LogP) is 3.26. The van der Waals surface area contributed by atoms with E-state index in [2.05, 4.69) is 24.0 Å². The fraction of sp³-hybridized carbons (Fsp3) is 0.474. The van der Waals surface area contributed by atoms with E-state index in [9.17, 15) is 4.79 Å². The summed E-state index contributed by atoms with van der Waals surface area (Å²) < 4.78 is 5.42. The van der Waals surface area contributed by atoms with Crippen molar-refractivity contribution in [3.63, 3.8) is 0 Å². The van der Waals surface area contributed by atoms with Crippen molar-refractivity contribution in [2.75, 3.05) is 13.1 Å². The van der Waals surface area contributed by atoms with E-state index in [0.29, 0.717) is 18.7 Å². The van der Waals surface area contributed by atoms with Gasteiger partial charge in [0.05, 0.1) is 12.0 Å². The van der Waals surface area contributed by atoms with Crippen molar-refractivity contribution in [2.45, 2.75) is 39.7 Å². The van der Waals surface area contributed by atoms with E-state index in [1.807, 2.05) is 13.0 Å². The molecule has 1 atom stereocenters. The second-order valence-electron chi connectivity index (χ2n) is 6.42. The molecule has 0 spiro atoms. The number of rotatable bonds is 5. The van der Waals surface area contributed by atoms with Gasteiger partial charge >= 0.3 is 5.63 Å². The van der Waals surface area contributed by atoms with E-state index in [0.717, 1.165) is 30.3 Å². The first kappa shape index (κ1) is 15.8. The van der Waals surface area contributed by atoms with Crippen LogP contribution in [0.1, 0.15) is 37.0 Å². The Hall–Kier alpha value is -2.12. The van der Waals surface area contributed by atoms with Crippen LogP contribution < -0.4 is 5.63 Å². The summed E-state index contributed by atoms with van der Waals surface area (Å²) in [5, 5.41) is 10.1. The molecule has 1 heterocycles. The molecular formula is C19H22N2O2. The molecule has 0 N–H and O–H groups in total. The predicted molar refractivity (Wildman–Crippen MR) is 90.2 cm³/mol. The molecule has 1 aromatic carbocycles. The van der Waals surface area contributed by atoms with Gasteiger partial charge in [0.15, 0.2) is 0 Å². The van der Waals surface area contributed by atoms with Crippen LogP contribution in [0.25, 0.3) is 11.0 Å². The monoisotopic (exact) mass is 310 g/mol. The maximum atomic E-state index is 11.9. The number of hydrogen-bond acceptors (Lipinski definition) is 4. The molecule has 0 amide bonds. The topological polar surface area (TPSA) is 57.2 Å². The Morgan fingerprint density at radius 3 is 2.74 bits per heavy atom. The van der Waals surface area contributed by atoms with Crippen molar-refractivity contribution < 1.29 is 4.42 Å². The second-order valence-corrected chi connectivity index (χ2v) is 6.42. The molecule has 1 aromatic heterocycles. The summed E-state index contributed by atoms with van der Waals surface area (Å²) in [5.74, 6) is -0.0226. The van der Waals surface area contributed by atoms with Gasteiger partial charge in [-0.25, -0.2) is 4.79 Å². The summed E-state index contributed by atoms with van der Waals surface area (Å²) in [4.78, 5) is 14.1. The minimum absolute atomic E-state index is 0.0226. The van der Waals surface area contributed by atoms with Gasteiger partial charge in [0.1, 0.15) is 5.58 Å². The standard InChI is InChI=1S/C19H22N2O2/c1-3-21(11-13(2)10-20)12-16-9-19(22)23-18-8-15-6-4-5-14(15)7-17(16)18/h7-9,13H,3-6,11-12H2,1-2H3/t13-/m0/s1. The number of aryl methyl sites for hydroxylation is 2. The zero-order valence-corrected chi connectivity index (χ0v) is 13.8. The van der Waals surface area contributed by atoms with Crippen molar-refractivity contribution in [1.29, 1.82) is 5.26 Å². The van der Waals surface area contributed by atoms with E-state index in [1.165, 1.54) is 17.5 Å². The highest BCUT2D eigenvalue weighted by Gasteiger charge is 2.17. The van der Waals surface area contributed by atoms with Gasteiger partial charge in [0.2, 0.25) is 0 Å². The molecule has 120 valence electrons. The molecule has 3 rings (SSSR count). The largest absolute Gasteiger partial charge is 0.423 e. The Labute approximate surface area is 136 Å². The summed E-state index contributed by atoms with van der Waals surface area (Å²) in [6.45, 7) is 6.23. The lowest BCUT2D eigenvalue weighted by atomic mass is 10.0. The third-order valence-electron chi connectivity index (χ3n) is 4.64. The molecule has 4 heteroatoms. The molecule has 0 saturated heterocycles. The Balaban J connectivity index is 1.99. The maximum Gasteiger partial charge on any atom is 0.336 e. The highest BCUT2D eigenvalue weighted by Crippen LogP contribution is 2.29. The maximum absolute atomic E-state index is 11.9. The van der Waals surface area contributed by atoms with Crippen LogP contribution in [0.4, 0.5) is 0 Å². The first-order valence-corrected chi connectivity index (χ1v) is 8.31. The van der Waals surface area contributed by atoms with Crippen LogP contribution in [0.3, 0.4) is 0 Å². The van der Waals surface area contributed by atoms with Crippen LogP contribution in [0, 0.1) is 17.2 Å². The summed E-state index contributed by atoms with van der Waals surface area (Å²) in [6.07, 6.45) is 3.35. The first-order valence-electron chi connectivity index (χ1n) is 8.31. The number of nitriles is 1. The summed E-state index contributed by atoms with van der Waals surface area (Å²) in [6, 6.07) is 8.11. The number of nitrogens with zero attached hydrogens (tertiary/aromatic N) is 2. The van der Waals surface area contributed by atoms with Gasteiger partial charge in [-0.2, -0.15) is 5.26 Å². The van der Waals surface area contributed by atoms with E-state index < -0.39 is 0 Å². The van der Waals surface area contributed by atoms with Crippen LogP contribution in [0.5, 0.6) is 0 Å². The normalized spacial score (nSPS) is 14.9. The van der Waals surface area contributed by atoms with Crippen LogP contribution in [-0.2, 0) is 19.4 Å². The molecule has 2 aromatic rings. The Kier molecular flexibility index (Phi) is 4.49. The van der Waals surface area contributed by atoms with E-state index in [-0.39, 0.29) is 11.5 Å². The van der Waals surface area contributed by atoms with Gasteiger partial charge in [0, 0.05) is 24.5 Å². The molecule has 0 fully saturated rings. The lowest BCUT2D eigenvalue weighted by molar-refractivity contribution is 0.261. The van der Waals surface area contributed by atoms with Gasteiger partial charge < -0.3 is 4.42 Å². The smallest absolute Gasteiger partial charge is 0.336 e. The average molecular weight is 310 g/mol. The highest BCUT2D eigenvalue weighted by molar-refractivity contribution is 5.82. The zero-order valence-electron chi connectivity index (χ0n) is 13.8. The van der Waals surface area contributed by atoms with Crippen molar-refractivity contribution in [3.05, 3.63) is 45.3 Å². The van der Waals surface area contributed by atoms with Crippen molar-refractivity contribution in [3.8, 4) is 6.07 Å². The quantitative estimate of drug-likeness (QED) is 0.795. The zero-order chi connectivity index (χ0) is 16.4. The number of benzene rings is 1. The Morgan fingerprint density at radius 1 is 1.30 bits per heavy atom. The van der Waals surface area contributed by atoms with E-state index in [4.69, 9.17) is 9.68 Å². The fourth-order valence-corrected chi connectivity index (χ4v) is 3.40. The summed E-state index contributed by atoms with van der Waals surface area (Å²) in [5.41, 5.74) is 4.08. The lowest BCUT2D eigenvalue weighted by Gasteiger charge is -2.22. The van der Waals surface area contributed by atoms with Gasteiger partial charge in [-0.3, -0.25) is 4.90 Å². The second kappa shape index (κ2) is 6.55. The van der Waals surface area contributed by atoms with Crippen LogP contribution in [0.2, 0.25) is 0 Å². The van der Waals surface area contributed by atoms with Gasteiger partial charge in [0.25, 0.3) is 0 Å². The van der Waals surface area contributed by atoms with Crippen molar-refractivity contribution in [2.24, 2.45) is 5.92 Å². The molecule has 0 saturated carbocycles. The van der Waals surface area contributed by atoms with E-state index in [1.54, 1.807) is 6.07 Å². The number of fused-ring (bicyclic) bond motifs is 2. The number of hydrogen-bond donors (Lipinski definition) is 0. The van der Waals surface area contributed by atoms with Crippen LogP contribution >= 0.6 is 0 Å². The van der Waals surface area contributed by atoms with Crippen LogP contribution in [0.15, 0.2) is 27.4 Å². The first-order chi connectivity index (χ1) is 11.1. The molecule has 0 unspecified atom stereocenters. The molecule has 0 aliphatic heterocycles. The molecule has 1 aliphatic carbocycles. The lowest BCUT2D eigenvalue weighted by Crippen LogP contribution is -2.28. The highest BCUT2D eigenvalue weighted by atomic mass is 16.4.